The number of rotatable bonds is 6. The van der Waals surface area contributed by atoms with Crippen LogP contribution in [-0.2, 0) is 0 Å². The molecule has 26 heavy (non-hydrogen) atoms. The highest BCUT2D eigenvalue weighted by Crippen LogP contribution is 2.30. The Morgan fingerprint density at radius 1 is 1.04 bits per heavy atom. The third-order valence-corrected chi connectivity index (χ3v) is 3.15. The molecule has 3 aromatic heterocycles. The third kappa shape index (κ3) is 3.84. The van der Waals surface area contributed by atoms with E-state index in [2.05, 4.69) is 36.1 Å². The Hall–Kier alpha value is -4.15. The lowest BCUT2D eigenvalue weighted by Crippen LogP contribution is -2.30. The lowest BCUT2D eigenvalue weighted by atomic mass is 10.3. The van der Waals surface area contributed by atoms with Gasteiger partial charge < -0.3 is 5.32 Å². The highest BCUT2D eigenvalue weighted by Gasteiger charge is 2.23. The molecule has 0 aromatic carbocycles. The van der Waals surface area contributed by atoms with Gasteiger partial charge in [0, 0.05) is 18.6 Å². The summed E-state index contributed by atoms with van der Waals surface area (Å²) in [6, 6.07) is 6.49. The molecule has 1 amide bonds. The van der Waals surface area contributed by atoms with Crippen LogP contribution in [0.15, 0.2) is 55.4 Å². The van der Waals surface area contributed by atoms with Gasteiger partial charge in [-0.1, -0.05) is 0 Å². The molecule has 3 aromatic rings. The van der Waals surface area contributed by atoms with Gasteiger partial charge in [0.25, 0.3) is 5.91 Å². The second kappa shape index (κ2) is 7.61. The number of aromatic nitrogens is 4. The van der Waals surface area contributed by atoms with Gasteiger partial charge in [-0.25, -0.2) is 9.97 Å². The molecule has 3 heterocycles. The molecule has 0 aliphatic heterocycles. The molecule has 0 atom stereocenters. The number of hydrogen-bond donors (Lipinski definition) is 3. The minimum Gasteiger partial charge on any atom is -0.333 e. The number of nitro groups is 1. The second-order valence-corrected chi connectivity index (χ2v) is 4.86. The van der Waals surface area contributed by atoms with E-state index in [1.165, 1.54) is 18.6 Å². The van der Waals surface area contributed by atoms with Crippen molar-refractivity contribution in [3.8, 4) is 0 Å². The SMILES string of the molecule is O=C(NNc1ncnc(Nc2cccnc2)c1[N+](=O)[O-])c1cccnc1. The zero-order chi connectivity index (χ0) is 18.4. The molecule has 0 aliphatic carbocycles. The Bertz CT molecular complexity index is 921. The van der Waals surface area contributed by atoms with Gasteiger partial charge in [0.15, 0.2) is 0 Å². The van der Waals surface area contributed by atoms with Gasteiger partial charge in [0.05, 0.1) is 22.4 Å². The number of nitrogens with zero attached hydrogens (tertiary/aromatic N) is 5. The molecular formula is C15H12N8O3. The summed E-state index contributed by atoms with van der Waals surface area (Å²) in [5.74, 6) is -0.738. The number of anilines is 3. The number of hydrogen-bond acceptors (Lipinski definition) is 9. The topological polar surface area (TPSA) is 148 Å². The van der Waals surface area contributed by atoms with Crippen molar-refractivity contribution in [2.24, 2.45) is 0 Å². The van der Waals surface area contributed by atoms with E-state index in [1.54, 1.807) is 30.5 Å². The van der Waals surface area contributed by atoms with Crippen molar-refractivity contribution >= 4 is 28.9 Å². The number of amides is 1. The smallest absolute Gasteiger partial charge is 0.333 e. The molecule has 0 saturated carbocycles. The third-order valence-electron chi connectivity index (χ3n) is 3.15. The zero-order valence-corrected chi connectivity index (χ0v) is 13.2. The quantitative estimate of drug-likeness (QED) is 0.445. The van der Waals surface area contributed by atoms with Crippen LogP contribution >= 0.6 is 0 Å². The lowest BCUT2D eigenvalue weighted by Gasteiger charge is -2.10. The molecule has 3 N–H and O–H groups in total. The van der Waals surface area contributed by atoms with Crippen LogP contribution < -0.4 is 16.2 Å². The van der Waals surface area contributed by atoms with Gasteiger partial charge in [0.2, 0.25) is 11.6 Å². The molecule has 3 rings (SSSR count). The predicted octanol–water partition coefficient (Wildman–Crippen LogP) is 1.68. The van der Waals surface area contributed by atoms with Crippen LogP contribution in [-0.4, -0.2) is 30.8 Å². The van der Waals surface area contributed by atoms with Crippen molar-refractivity contribution in [2.75, 3.05) is 10.7 Å². The average molecular weight is 352 g/mol. The van der Waals surface area contributed by atoms with Crippen LogP contribution in [0.2, 0.25) is 0 Å². The summed E-state index contributed by atoms with van der Waals surface area (Å²) in [7, 11) is 0. The van der Waals surface area contributed by atoms with E-state index in [-0.39, 0.29) is 17.2 Å². The van der Waals surface area contributed by atoms with Gasteiger partial charge in [-0.2, -0.15) is 0 Å². The summed E-state index contributed by atoms with van der Waals surface area (Å²) in [4.78, 5) is 38.3. The van der Waals surface area contributed by atoms with E-state index in [4.69, 9.17) is 0 Å². The largest absolute Gasteiger partial charge is 0.355 e. The molecule has 0 saturated heterocycles. The number of carbonyl (C=O) groups is 1. The highest BCUT2D eigenvalue weighted by atomic mass is 16.6. The molecule has 0 aliphatic rings. The Balaban J connectivity index is 1.82. The van der Waals surface area contributed by atoms with Crippen LogP contribution in [0.1, 0.15) is 10.4 Å². The van der Waals surface area contributed by atoms with Gasteiger partial charge in [0.1, 0.15) is 6.33 Å². The molecule has 0 bridgehead atoms. The first-order chi connectivity index (χ1) is 12.6. The molecule has 0 radical (unpaired) electrons. The number of nitrogens with one attached hydrogen (secondary N) is 3. The maximum Gasteiger partial charge on any atom is 0.355 e. The van der Waals surface area contributed by atoms with E-state index < -0.39 is 16.5 Å². The second-order valence-electron chi connectivity index (χ2n) is 4.86. The summed E-state index contributed by atoms with van der Waals surface area (Å²) < 4.78 is 0. The van der Waals surface area contributed by atoms with Crippen LogP contribution in [0.4, 0.5) is 23.0 Å². The maximum absolute atomic E-state index is 12.0. The molecular weight excluding hydrogens is 340 g/mol. The average Bonchev–Trinajstić information content (AvgIpc) is 2.67. The number of hydrazine groups is 1. The maximum atomic E-state index is 12.0. The molecule has 0 unspecified atom stereocenters. The van der Waals surface area contributed by atoms with Crippen LogP contribution in [0.25, 0.3) is 0 Å². The Kier molecular flexibility index (Phi) is 4.89. The molecule has 130 valence electrons. The first kappa shape index (κ1) is 16.7. The Labute approximate surface area is 146 Å². The fraction of sp³-hybridized carbons (Fsp3) is 0. The van der Waals surface area contributed by atoms with Crippen LogP contribution in [0.5, 0.6) is 0 Å². The van der Waals surface area contributed by atoms with Gasteiger partial charge in [-0.05, 0) is 24.3 Å². The molecule has 0 spiro atoms. The number of carbonyl (C=O) groups excluding carboxylic acids is 1. The van der Waals surface area contributed by atoms with Crippen molar-refractivity contribution in [3.63, 3.8) is 0 Å². The molecule has 0 fully saturated rings. The summed E-state index contributed by atoms with van der Waals surface area (Å²) in [6.45, 7) is 0. The summed E-state index contributed by atoms with van der Waals surface area (Å²) in [6.07, 6.45) is 7.07. The first-order valence-electron chi connectivity index (χ1n) is 7.28. The van der Waals surface area contributed by atoms with Crippen molar-refractivity contribution in [2.45, 2.75) is 0 Å². The van der Waals surface area contributed by atoms with E-state index in [0.717, 1.165) is 6.33 Å². The van der Waals surface area contributed by atoms with Gasteiger partial charge >= 0.3 is 5.69 Å². The minimum absolute atomic E-state index is 0.0453. The van der Waals surface area contributed by atoms with Crippen molar-refractivity contribution in [3.05, 3.63) is 71.1 Å². The Morgan fingerprint density at radius 3 is 2.42 bits per heavy atom. The van der Waals surface area contributed by atoms with Crippen molar-refractivity contribution < 1.29 is 9.72 Å². The van der Waals surface area contributed by atoms with E-state index in [0.29, 0.717) is 5.69 Å². The fourth-order valence-corrected chi connectivity index (χ4v) is 1.99. The van der Waals surface area contributed by atoms with Crippen LogP contribution in [0, 0.1) is 10.1 Å². The van der Waals surface area contributed by atoms with Gasteiger partial charge in [-0.15, -0.1) is 0 Å². The highest BCUT2D eigenvalue weighted by molar-refractivity contribution is 5.94. The summed E-state index contributed by atoms with van der Waals surface area (Å²) in [5, 5.41) is 14.3. The molecule has 11 nitrogen and oxygen atoms in total. The number of pyridine rings is 2. The normalized spacial score (nSPS) is 10.0. The van der Waals surface area contributed by atoms with Crippen LogP contribution in [0.3, 0.4) is 0 Å². The summed E-state index contributed by atoms with van der Waals surface area (Å²) >= 11 is 0. The van der Waals surface area contributed by atoms with Crippen molar-refractivity contribution in [1.82, 2.24) is 25.4 Å². The Morgan fingerprint density at radius 2 is 1.77 bits per heavy atom. The minimum atomic E-state index is -0.655. The molecule has 11 heteroatoms. The van der Waals surface area contributed by atoms with E-state index in [1.807, 2.05) is 0 Å². The van der Waals surface area contributed by atoms with Crippen molar-refractivity contribution in [1.29, 1.82) is 0 Å². The zero-order valence-electron chi connectivity index (χ0n) is 13.2. The lowest BCUT2D eigenvalue weighted by molar-refractivity contribution is -0.383. The van der Waals surface area contributed by atoms with Gasteiger partial charge in [-0.3, -0.25) is 35.7 Å². The van der Waals surface area contributed by atoms with E-state index >= 15 is 0 Å². The standard InChI is InChI=1S/C15H12N8O3/c24-15(10-3-1-5-16-7-10)22-21-14-12(23(25)26)13(18-9-19-14)20-11-4-2-6-17-8-11/h1-9H,(H,22,24)(H2,18,19,20,21). The van der Waals surface area contributed by atoms with E-state index in [9.17, 15) is 14.9 Å². The monoisotopic (exact) mass is 352 g/mol. The first-order valence-corrected chi connectivity index (χ1v) is 7.28. The predicted molar refractivity (Wildman–Crippen MR) is 91.5 cm³/mol. The summed E-state index contributed by atoms with van der Waals surface area (Å²) in [5.41, 5.74) is 5.15. The fourth-order valence-electron chi connectivity index (χ4n) is 1.99.